The molecular weight excluding hydrogens is 277 g/mol. The van der Waals surface area contributed by atoms with Crippen LogP contribution in [0.25, 0.3) is 0 Å². The van der Waals surface area contributed by atoms with Gasteiger partial charge in [-0.1, -0.05) is 13.8 Å². The molecule has 4 nitrogen and oxygen atoms in total. The molecule has 0 saturated carbocycles. The van der Waals surface area contributed by atoms with Crippen molar-refractivity contribution in [3.05, 3.63) is 0 Å². The van der Waals surface area contributed by atoms with Gasteiger partial charge in [0.2, 0.25) is 5.91 Å². The average Bonchev–Trinajstić information content (AvgIpc) is 2.15. The molecule has 0 aliphatic heterocycles. The zero-order valence-electron chi connectivity index (χ0n) is 11.8. The molecule has 0 aliphatic rings. The molecule has 0 aromatic carbocycles. The Hall–Kier alpha value is 0.926. The summed E-state index contributed by atoms with van der Waals surface area (Å²) in [6.07, 6.45) is 3.52. The van der Waals surface area contributed by atoms with Crippen LogP contribution in [0, 0.1) is 5.92 Å². The van der Waals surface area contributed by atoms with Crippen LogP contribution < -0.4 is 61.8 Å². The molecule has 0 aromatic rings. The largest absolute Gasteiger partial charge is 1.00 e. The SMILES string of the molecule is CSCC(CC(C)C)NC(=O)CCCC(=O)[O-].[K+]. The summed E-state index contributed by atoms with van der Waals surface area (Å²) in [5.74, 6) is 0.270. The Bertz CT molecular complexity index is 249. The van der Waals surface area contributed by atoms with Crippen molar-refractivity contribution >= 4 is 23.6 Å². The summed E-state index contributed by atoms with van der Waals surface area (Å²) in [5, 5.41) is 13.2. The molecule has 100 valence electrons. The fourth-order valence-electron chi connectivity index (χ4n) is 1.63. The molecule has 0 spiro atoms. The minimum absolute atomic E-state index is 0. The minimum Gasteiger partial charge on any atom is -0.550 e. The van der Waals surface area contributed by atoms with Gasteiger partial charge in [-0.15, -0.1) is 0 Å². The maximum atomic E-state index is 11.6. The summed E-state index contributed by atoms with van der Waals surface area (Å²) in [4.78, 5) is 21.8. The number of amides is 1. The van der Waals surface area contributed by atoms with Gasteiger partial charge in [0.1, 0.15) is 0 Å². The first-order valence-electron chi connectivity index (χ1n) is 5.93. The van der Waals surface area contributed by atoms with Crippen molar-refractivity contribution in [2.24, 2.45) is 5.92 Å². The average molecular weight is 299 g/mol. The number of rotatable bonds is 9. The van der Waals surface area contributed by atoms with Gasteiger partial charge in [-0.3, -0.25) is 4.79 Å². The second-order valence-corrected chi connectivity index (χ2v) is 5.49. The van der Waals surface area contributed by atoms with Crippen molar-refractivity contribution in [2.75, 3.05) is 12.0 Å². The smallest absolute Gasteiger partial charge is 0.550 e. The van der Waals surface area contributed by atoms with E-state index >= 15 is 0 Å². The summed E-state index contributed by atoms with van der Waals surface area (Å²) < 4.78 is 0. The molecular formula is C12H22KNO3S. The van der Waals surface area contributed by atoms with Crippen LogP contribution in [0.3, 0.4) is 0 Å². The Kier molecular flexibility index (Phi) is 15.3. The van der Waals surface area contributed by atoms with Gasteiger partial charge in [0, 0.05) is 24.2 Å². The maximum absolute atomic E-state index is 11.6. The van der Waals surface area contributed by atoms with E-state index in [0.717, 1.165) is 12.2 Å². The molecule has 0 heterocycles. The first kappa shape index (κ1) is 21.2. The van der Waals surface area contributed by atoms with Crippen LogP contribution in [0.2, 0.25) is 0 Å². The number of carboxylic acid groups (broad SMARTS) is 1. The molecule has 0 rings (SSSR count). The van der Waals surface area contributed by atoms with E-state index in [1.807, 2.05) is 6.26 Å². The third-order valence-corrected chi connectivity index (χ3v) is 3.01. The number of hydrogen-bond donors (Lipinski definition) is 1. The quantitative estimate of drug-likeness (QED) is 0.491. The number of carbonyl (C=O) groups is 2. The zero-order valence-corrected chi connectivity index (χ0v) is 15.8. The van der Waals surface area contributed by atoms with Crippen molar-refractivity contribution in [3.8, 4) is 0 Å². The van der Waals surface area contributed by atoms with Gasteiger partial charge in [0.05, 0.1) is 0 Å². The van der Waals surface area contributed by atoms with Crippen LogP contribution in [0.5, 0.6) is 0 Å². The second-order valence-electron chi connectivity index (χ2n) is 4.57. The van der Waals surface area contributed by atoms with Gasteiger partial charge in [-0.05, 0) is 31.4 Å². The Labute approximate surface area is 156 Å². The van der Waals surface area contributed by atoms with E-state index in [1.165, 1.54) is 0 Å². The Morgan fingerprint density at radius 1 is 1.28 bits per heavy atom. The van der Waals surface area contributed by atoms with Crippen molar-refractivity contribution in [1.82, 2.24) is 5.32 Å². The number of aliphatic carboxylic acids is 1. The number of carbonyl (C=O) groups excluding carboxylic acids is 2. The van der Waals surface area contributed by atoms with Crippen molar-refractivity contribution in [1.29, 1.82) is 0 Å². The molecule has 0 radical (unpaired) electrons. The van der Waals surface area contributed by atoms with E-state index in [2.05, 4.69) is 19.2 Å². The first-order valence-corrected chi connectivity index (χ1v) is 7.33. The van der Waals surface area contributed by atoms with Gasteiger partial charge < -0.3 is 15.2 Å². The van der Waals surface area contributed by atoms with Crippen LogP contribution >= 0.6 is 11.8 Å². The number of thioether (sulfide) groups is 1. The Balaban J connectivity index is 0. The minimum atomic E-state index is -1.10. The van der Waals surface area contributed by atoms with Gasteiger partial charge in [0.25, 0.3) is 0 Å². The topological polar surface area (TPSA) is 69.2 Å². The molecule has 0 aromatic heterocycles. The number of carboxylic acids is 1. The number of nitrogens with one attached hydrogen (secondary N) is 1. The fourth-order valence-corrected chi connectivity index (χ4v) is 2.25. The molecule has 18 heavy (non-hydrogen) atoms. The van der Waals surface area contributed by atoms with Crippen molar-refractivity contribution < 1.29 is 66.1 Å². The van der Waals surface area contributed by atoms with E-state index in [1.54, 1.807) is 11.8 Å². The van der Waals surface area contributed by atoms with E-state index in [4.69, 9.17) is 0 Å². The summed E-state index contributed by atoms with van der Waals surface area (Å²) in [5.41, 5.74) is 0. The van der Waals surface area contributed by atoms with Crippen molar-refractivity contribution in [3.63, 3.8) is 0 Å². The normalized spacial score (nSPS) is 11.8. The van der Waals surface area contributed by atoms with E-state index in [9.17, 15) is 14.7 Å². The van der Waals surface area contributed by atoms with Crippen LogP contribution in [0.4, 0.5) is 0 Å². The molecule has 1 atom stereocenters. The summed E-state index contributed by atoms with van der Waals surface area (Å²) in [6, 6.07) is 0.181. The summed E-state index contributed by atoms with van der Waals surface area (Å²) in [6.45, 7) is 4.24. The second kappa shape index (κ2) is 12.9. The van der Waals surface area contributed by atoms with E-state index in [0.29, 0.717) is 12.3 Å². The molecule has 0 fully saturated rings. The van der Waals surface area contributed by atoms with Gasteiger partial charge in [0.15, 0.2) is 0 Å². The Morgan fingerprint density at radius 2 is 1.89 bits per heavy atom. The number of hydrogen-bond acceptors (Lipinski definition) is 4. The molecule has 1 unspecified atom stereocenters. The predicted molar refractivity (Wildman–Crippen MR) is 68.6 cm³/mol. The summed E-state index contributed by atoms with van der Waals surface area (Å²) >= 11 is 1.70. The standard InChI is InChI=1S/C12H23NO3S.K/c1-9(2)7-10(8-17-3)13-11(14)5-4-6-12(15)16;/h9-10H,4-8H2,1-3H3,(H,13,14)(H,15,16);/q;+1/p-1. The monoisotopic (exact) mass is 299 g/mol. The van der Waals surface area contributed by atoms with Crippen LogP contribution in [0.15, 0.2) is 0 Å². The third kappa shape index (κ3) is 13.4. The summed E-state index contributed by atoms with van der Waals surface area (Å²) in [7, 11) is 0. The van der Waals surface area contributed by atoms with Gasteiger partial charge in [-0.25, -0.2) is 0 Å². The molecule has 0 aliphatic carbocycles. The zero-order chi connectivity index (χ0) is 13.3. The van der Waals surface area contributed by atoms with Crippen molar-refractivity contribution in [2.45, 2.75) is 45.6 Å². The fraction of sp³-hybridized carbons (Fsp3) is 0.833. The van der Waals surface area contributed by atoms with Crippen LogP contribution in [0.1, 0.15) is 39.5 Å². The van der Waals surface area contributed by atoms with Crippen LogP contribution in [-0.4, -0.2) is 29.9 Å². The van der Waals surface area contributed by atoms with Gasteiger partial charge in [-0.2, -0.15) is 11.8 Å². The first-order chi connectivity index (χ1) is 7.95. The Morgan fingerprint density at radius 3 is 2.33 bits per heavy atom. The molecule has 1 amide bonds. The van der Waals surface area contributed by atoms with E-state index < -0.39 is 5.97 Å². The molecule has 1 N–H and O–H groups in total. The molecule has 0 bridgehead atoms. The third-order valence-electron chi connectivity index (χ3n) is 2.27. The van der Waals surface area contributed by atoms with E-state index in [-0.39, 0.29) is 76.2 Å². The van der Waals surface area contributed by atoms with Gasteiger partial charge >= 0.3 is 51.4 Å². The molecule has 0 saturated heterocycles. The predicted octanol–water partition coefficient (Wildman–Crippen LogP) is -2.20. The maximum Gasteiger partial charge on any atom is 1.00 e. The molecule has 6 heteroatoms. The van der Waals surface area contributed by atoms with Crippen LogP contribution in [-0.2, 0) is 9.59 Å².